The fraction of sp³-hybridized carbons (Fsp3) is 0.708. The summed E-state index contributed by atoms with van der Waals surface area (Å²) < 4.78 is 0. The molecule has 2 saturated heterocycles. The van der Waals surface area contributed by atoms with Crippen molar-refractivity contribution >= 4 is 125 Å². The van der Waals surface area contributed by atoms with E-state index in [1.54, 1.807) is 18.8 Å². The van der Waals surface area contributed by atoms with Gasteiger partial charge in [-0.25, -0.2) is 4.79 Å². The van der Waals surface area contributed by atoms with E-state index in [0.29, 0.717) is 19.3 Å². The highest BCUT2D eigenvalue weighted by atomic mass is 32.2. The van der Waals surface area contributed by atoms with Crippen LogP contribution >= 0.6 is 11.8 Å². The van der Waals surface area contributed by atoms with E-state index in [-0.39, 0.29) is 252 Å². The molecule has 2 heterocycles. The number of guanidine groups is 8. The number of unbranched alkanes of at least 4 members (excludes halogenated alkanes) is 2. The predicted octanol–water partition coefficient (Wildman–Crippen LogP) is -11.6. The van der Waals surface area contributed by atoms with Gasteiger partial charge in [0.15, 0.2) is 47.7 Å². The van der Waals surface area contributed by atoms with Crippen LogP contribution in [-0.4, -0.2) is 256 Å². The number of likely N-dealkylation sites (N-methyl/N-ethyl adjacent to an activating group) is 1. The van der Waals surface area contributed by atoms with Crippen molar-refractivity contribution in [2.75, 3.05) is 71.7 Å². The van der Waals surface area contributed by atoms with Crippen molar-refractivity contribution in [3.63, 3.8) is 0 Å². The third-order valence-corrected chi connectivity index (χ3v) is 19.1. The van der Waals surface area contributed by atoms with Gasteiger partial charge >= 0.3 is 6.03 Å². The maximum absolute atomic E-state index is 14.8. The molecule has 0 spiro atoms. The molecule has 0 aromatic carbocycles. The van der Waals surface area contributed by atoms with Gasteiger partial charge in [-0.2, -0.15) is 11.8 Å². The van der Waals surface area contributed by atoms with Crippen molar-refractivity contribution in [2.45, 2.75) is 219 Å². The quantitative estimate of drug-likeness (QED) is 0.0116. The molecule has 0 unspecified atom stereocenters. The molecule has 0 radical (unpaired) electrons. The average Bonchev–Trinajstić information content (AvgIpc) is 1.66. The van der Waals surface area contributed by atoms with E-state index in [9.17, 15) is 52.7 Å². The summed E-state index contributed by atoms with van der Waals surface area (Å²) in [4.78, 5) is 185. The van der Waals surface area contributed by atoms with Crippen LogP contribution in [0.15, 0.2) is 39.9 Å². The third-order valence-electron chi connectivity index (χ3n) is 17.6. The molecule has 2 rings (SSSR count). The van der Waals surface area contributed by atoms with Crippen molar-refractivity contribution in [1.29, 1.82) is 0 Å². The second-order valence-corrected chi connectivity index (χ2v) is 28.3. The number of urea groups is 1. The highest BCUT2D eigenvalue weighted by Gasteiger charge is 2.43. The predicted molar refractivity (Wildman–Crippen MR) is 438 cm³/mol. The number of carbonyl (C=O) groups is 11. The first-order valence-corrected chi connectivity index (χ1v) is 38.9. The second kappa shape index (κ2) is 55.8. The lowest BCUT2D eigenvalue weighted by Crippen LogP contribution is -2.59. The molecule has 2 aliphatic rings. The van der Waals surface area contributed by atoms with Gasteiger partial charge in [-0.15, -0.1) is 0 Å². The number of nitrogens with one attached hydrogen (secondary N) is 12. The Labute approximate surface area is 667 Å². The number of nitrogens with zero attached hydrogens (tertiary/aromatic N) is 8. The number of rotatable bonds is 60. The maximum atomic E-state index is 14.8. The van der Waals surface area contributed by atoms with Gasteiger partial charge in [-0.05, 0) is 142 Å². The van der Waals surface area contributed by atoms with Gasteiger partial charge in [0.2, 0.25) is 59.1 Å². The zero-order valence-corrected chi connectivity index (χ0v) is 65.9. The minimum absolute atomic E-state index is 0.00119. The Kier molecular flexibility index (Phi) is 48.2. The molecule has 46 N–H and O–H groups in total. The molecule has 12 amide bonds. The molecule has 49 heteroatoms. The summed E-state index contributed by atoms with van der Waals surface area (Å²) in [6.45, 7) is 0.371. The number of carbonyl (C=O) groups excluding carboxylic acids is 11. The number of fused-ring (bicyclic) bond motifs is 1. The van der Waals surface area contributed by atoms with Crippen LogP contribution in [0.4, 0.5) is 4.79 Å². The van der Waals surface area contributed by atoms with Crippen LogP contribution in [0.5, 0.6) is 0 Å². The Hall–Kier alpha value is -11.6. The Morgan fingerprint density at radius 3 is 0.912 bits per heavy atom. The highest BCUT2D eigenvalue weighted by molar-refractivity contribution is 8.00. The van der Waals surface area contributed by atoms with Gasteiger partial charge in [-0.1, -0.05) is 6.42 Å². The van der Waals surface area contributed by atoms with Crippen LogP contribution in [0.1, 0.15) is 148 Å². The SMILES string of the molecule is CN[C@@H](CCCN=C(N)N)C(=O)N[C@H](CCCN=C(N)N)C(=O)N[C@@H](CCCN=C(N)N)C(=O)N[C@H](CCCN=C(N)N)C(=O)N[C@@H](CCCN=C(N)N)C(=O)N[C@@H](CCCN=C(N)N)C(=O)NCCCC[C@H](NC(=O)[C@H](CCCN=C(N)N)NC(=O)[C@H](CCCN=C(N)N)NC(=O)CCCC[C@@H]1SC[C@H]2NC(=O)N[C@@H]12)C(N)=O. The lowest BCUT2D eigenvalue weighted by atomic mass is 10.0. The Morgan fingerprint density at radius 2 is 0.614 bits per heavy atom. The van der Waals surface area contributed by atoms with Crippen molar-refractivity contribution in [1.82, 2.24) is 63.8 Å². The van der Waals surface area contributed by atoms with Crippen molar-refractivity contribution in [2.24, 2.45) is 137 Å². The van der Waals surface area contributed by atoms with Crippen LogP contribution in [0, 0.1) is 0 Å². The number of primary amides is 1. The van der Waals surface area contributed by atoms with Crippen LogP contribution in [-0.2, 0) is 47.9 Å². The van der Waals surface area contributed by atoms with Crippen LogP contribution in [0.2, 0.25) is 0 Å². The summed E-state index contributed by atoms with van der Waals surface area (Å²) >= 11 is 1.75. The molecular weight excluding hydrogens is 1510 g/mol. The maximum Gasteiger partial charge on any atom is 0.315 e. The van der Waals surface area contributed by atoms with Gasteiger partial charge in [0, 0.05) is 76.3 Å². The Morgan fingerprint density at radius 1 is 0.342 bits per heavy atom. The zero-order chi connectivity index (χ0) is 85.1. The minimum atomic E-state index is -1.48. The zero-order valence-electron chi connectivity index (χ0n) is 65.1. The molecular formula is C65H127N37O11S. The van der Waals surface area contributed by atoms with E-state index >= 15 is 0 Å². The standard InChI is InChI=1S/C65H127N37O11S/c1-83-36(15-6-26-85-57(67)68)50(106)96-40(19-10-30-89-61(75)76)54(110)99-42(21-12-32-91-63(79)80)56(112)100-43(22-13-33-92-64(81)82)55(111)98-41(20-11-31-90-62(77)78)53(109)95-37(16-7-27-86-58(69)70)49(105)84-25-5-4-14-35(48(66)104)94-52(108)39(18-9-29-88-60(73)74)97-51(107)38(17-8-28-87-59(71)72)93-46(103)24-3-2-23-45-47-44(34-114-45)101-65(113)102-47/h35-45,47,83H,2-34H2,1H3,(H2,66,104)(H,84,105)(H,93,103)(H,94,108)(H,95,109)(H,96,106)(H,97,107)(H,98,111)(H,99,110)(H,100,112)(H4,67,68,85)(H4,69,70,86)(H4,71,72,87)(H4,73,74,88)(H4,75,76,89)(H4,77,78,90)(H4,79,80,91)(H4,81,82,92)(H2,101,102,113)/t35-,36-,37-,38-,39-,40+,41-,42-,43+,44+,45-,47+/m0/s1. The molecule has 2 fully saturated rings. The van der Waals surface area contributed by atoms with Crippen molar-refractivity contribution in [3.05, 3.63) is 0 Å². The summed E-state index contributed by atoms with van der Waals surface area (Å²) in [5, 5.41) is 33.4. The summed E-state index contributed by atoms with van der Waals surface area (Å²) in [5.41, 5.74) is 94.9. The molecule has 12 atom stereocenters. The molecule has 0 bridgehead atoms. The molecule has 0 aliphatic carbocycles. The second-order valence-electron chi connectivity index (χ2n) is 27.0. The third kappa shape index (κ3) is 43.9. The lowest BCUT2D eigenvalue weighted by molar-refractivity contribution is -0.135. The molecule has 644 valence electrons. The number of aliphatic imine (C=N–C) groups is 8. The summed E-state index contributed by atoms with van der Waals surface area (Å²) in [5.74, 6) is -8.64. The summed E-state index contributed by atoms with van der Waals surface area (Å²) in [6.07, 6.45) is 3.43. The van der Waals surface area contributed by atoms with E-state index < -0.39 is 113 Å². The first kappa shape index (κ1) is 98.5. The van der Waals surface area contributed by atoms with E-state index in [0.717, 1.165) is 12.2 Å². The monoisotopic (exact) mass is 1630 g/mol. The molecule has 0 saturated carbocycles. The largest absolute Gasteiger partial charge is 0.370 e. The summed E-state index contributed by atoms with van der Waals surface area (Å²) in [6, 6.07) is -11.7. The fourth-order valence-electron chi connectivity index (χ4n) is 11.9. The smallest absolute Gasteiger partial charge is 0.315 e. The van der Waals surface area contributed by atoms with Crippen molar-refractivity contribution in [3.8, 4) is 0 Å². The first-order valence-electron chi connectivity index (χ1n) is 37.9. The van der Waals surface area contributed by atoms with E-state index in [1.165, 1.54) is 0 Å². The van der Waals surface area contributed by atoms with Crippen LogP contribution < -0.4 is 161 Å². The van der Waals surface area contributed by atoms with Gasteiger partial charge in [0.25, 0.3) is 0 Å². The number of hydrogen-bond acceptors (Lipinski definition) is 21. The molecule has 0 aromatic heterocycles. The fourth-order valence-corrected chi connectivity index (χ4v) is 13.4. The number of thioether (sulfide) groups is 1. The average molecular weight is 1640 g/mol. The Bertz CT molecular complexity index is 3310. The number of amides is 12. The summed E-state index contributed by atoms with van der Waals surface area (Å²) in [7, 11) is 1.55. The number of hydrogen-bond donors (Lipinski definition) is 29. The van der Waals surface area contributed by atoms with Crippen molar-refractivity contribution < 1.29 is 52.7 Å². The van der Waals surface area contributed by atoms with Gasteiger partial charge in [0.05, 0.1) is 18.1 Å². The number of nitrogens with two attached hydrogens (primary N) is 17. The topological polar surface area (TPSA) is 873 Å². The van der Waals surface area contributed by atoms with Gasteiger partial charge < -0.3 is 161 Å². The molecule has 0 aromatic rings. The molecule has 114 heavy (non-hydrogen) atoms. The highest BCUT2D eigenvalue weighted by Crippen LogP contribution is 2.33. The first-order chi connectivity index (χ1) is 54.1. The van der Waals surface area contributed by atoms with Gasteiger partial charge in [0.1, 0.15) is 48.3 Å². The Balaban J connectivity index is 2.45. The minimum Gasteiger partial charge on any atom is -0.370 e. The lowest BCUT2D eigenvalue weighted by Gasteiger charge is -2.28. The van der Waals surface area contributed by atoms with E-state index in [4.69, 9.17) is 97.5 Å². The van der Waals surface area contributed by atoms with Crippen LogP contribution in [0.25, 0.3) is 0 Å². The van der Waals surface area contributed by atoms with Crippen LogP contribution in [0.3, 0.4) is 0 Å². The van der Waals surface area contributed by atoms with E-state index in [1.807, 2.05) is 0 Å². The van der Waals surface area contributed by atoms with E-state index in [2.05, 4.69) is 104 Å². The molecule has 48 nitrogen and oxygen atoms in total. The normalized spacial score (nSPS) is 16.1. The molecule has 2 aliphatic heterocycles. The van der Waals surface area contributed by atoms with Gasteiger partial charge in [-0.3, -0.25) is 87.9 Å².